The van der Waals surface area contributed by atoms with E-state index in [-0.39, 0.29) is 26.5 Å². The minimum atomic E-state index is -3.89. The van der Waals surface area contributed by atoms with Gasteiger partial charge in [0, 0.05) is 11.1 Å². The predicted molar refractivity (Wildman–Crippen MR) is 73.5 cm³/mol. The molecule has 5 nitrogen and oxygen atoms in total. The third-order valence-corrected chi connectivity index (χ3v) is 5.28. The van der Waals surface area contributed by atoms with Crippen molar-refractivity contribution in [2.75, 3.05) is 0 Å². The molecule has 3 rings (SSSR count). The Morgan fingerprint density at radius 2 is 1.71 bits per heavy atom. The second kappa shape index (κ2) is 4.26. The van der Waals surface area contributed by atoms with Gasteiger partial charge < -0.3 is 5.11 Å². The van der Waals surface area contributed by atoms with Gasteiger partial charge in [0.15, 0.2) is 5.78 Å². The van der Waals surface area contributed by atoms with Crippen molar-refractivity contribution in [3.05, 3.63) is 58.7 Å². The van der Waals surface area contributed by atoms with Crippen LogP contribution in [0.3, 0.4) is 0 Å². The van der Waals surface area contributed by atoms with E-state index in [4.69, 9.17) is 5.11 Å². The summed E-state index contributed by atoms with van der Waals surface area (Å²) in [6, 6.07) is 8.04. The van der Waals surface area contributed by atoms with Crippen molar-refractivity contribution >= 4 is 21.6 Å². The summed E-state index contributed by atoms with van der Waals surface area (Å²) < 4.78 is 25.2. The molecule has 0 aliphatic carbocycles. The average Bonchev–Trinajstić information content (AvgIpc) is 2.44. The lowest BCUT2D eigenvalue weighted by atomic mass is 10.00. The van der Waals surface area contributed by atoms with Gasteiger partial charge >= 0.3 is 5.97 Å². The number of aromatic carboxylic acids is 1. The Hall–Kier alpha value is -2.47. The fraction of sp³-hybridized carbons (Fsp3) is 0.0667. The van der Waals surface area contributed by atoms with Crippen LogP contribution in [0.1, 0.15) is 31.8 Å². The number of benzene rings is 2. The van der Waals surface area contributed by atoms with Gasteiger partial charge in [-0.25, -0.2) is 13.2 Å². The zero-order chi connectivity index (χ0) is 15.4. The lowest BCUT2D eigenvalue weighted by Crippen LogP contribution is -2.21. The SMILES string of the molecule is Cc1ccc2c(c1)C(=O)c1ccc(C(=O)O)cc1S2(=O)=O. The van der Waals surface area contributed by atoms with Crippen molar-refractivity contribution in [3.8, 4) is 0 Å². The molecule has 1 N–H and O–H groups in total. The smallest absolute Gasteiger partial charge is 0.335 e. The summed E-state index contributed by atoms with van der Waals surface area (Å²) in [7, 11) is -3.89. The van der Waals surface area contributed by atoms with Gasteiger partial charge in [0.25, 0.3) is 0 Å². The molecule has 0 fully saturated rings. The fourth-order valence-electron chi connectivity index (χ4n) is 2.38. The number of rotatable bonds is 1. The first-order valence-electron chi connectivity index (χ1n) is 6.10. The molecule has 0 saturated carbocycles. The van der Waals surface area contributed by atoms with Crippen molar-refractivity contribution in [1.29, 1.82) is 0 Å². The Kier molecular flexibility index (Phi) is 2.74. The number of carbonyl (C=O) groups excluding carboxylic acids is 1. The molecule has 1 aliphatic rings. The Bertz CT molecular complexity index is 910. The van der Waals surface area contributed by atoms with Crippen LogP contribution < -0.4 is 0 Å². The van der Waals surface area contributed by atoms with Crippen molar-refractivity contribution in [2.24, 2.45) is 0 Å². The van der Waals surface area contributed by atoms with Crippen LogP contribution in [-0.2, 0) is 9.84 Å². The molecule has 0 spiro atoms. The molecule has 2 aromatic rings. The van der Waals surface area contributed by atoms with Crippen molar-refractivity contribution < 1.29 is 23.1 Å². The van der Waals surface area contributed by atoms with Gasteiger partial charge in [0.1, 0.15) is 0 Å². The first-order valence-corrected chi connectivity index (χ1v) is 7.58. The molecule has 2 aromatic carbocycles. The molecule has 0 atom stereocenters. The van der Waals surface area contributed by atoms with Gasteiger partial charge in [0.2, 0.25) is 9.84 Å². The fourth-order valence-corrected chi connectivity index (χ4v) is 4.04. The van der Waals surface area contributed by atoms with E-state index in [0.717, 1.165) is 11.6 Å². The second-order valence-electron chi connectivity index (χ2n) is 4.85. The molecule has 0 bridgehead atoms. The van der Waals surface area contributed by atoms with Crippen molar-refractivity contribution in [1.82, 2.24) is 0 Å². The highest BCUT2D eigenvalue weighted by Gasteiger charge is 2.35. The molecular weight excluding hydrogens is 292 g/mol. The van der Waals surface area contributed by atoms with Gasteiger partial charge in [-0.1, -0.05) is 11.6 Å². The third kappa shape index (κ3) is 1.87. The van der Waals surface area contributed by atoms with E-state index in [1.54, 1.807) is 13.0 Å². The van der Waals surface area contributed by atoms with Crippen LogP contribution in [-0.4, -0.2) is 25.3 Å². The average molecular weight is 302 g/mol. The molecular formula is C15H10O5S. The predicted octanol–water partition coefficient (Wildman–Crippen LogP) is 2.07. The first-order chi connectivity index (χ1) is 9.82. The number of fused-ring (bicyclic) bond motifs is 2. The maximum atomic E-state index is 12.6. The van der Waals surface area contributed by atoms with Gasteiger partial charge in [-0.2, -0.15) is 0 Å². The zero-order valence-electron chi connectivity index (χ0n) is 11.0. The summed E-state index contributed by atoms with van der Waals surface area (Å²) in [5.74, 6) is -1.65. The quantitative estimate of drug-likeness (QED) is 0.743. The highest BCUT2D eigenvalue weighted by molar-refractivity contribution is 7.91. The second-order valence-corrected chi connectivity index (χ2v) is 6.73. The maximum absolute atomic E-state index is 12.6. The number of carboxylic acid groups (broad SMARTS) is 1. The summed E-state index contributed by atoms with van der Waals surface area (Å²) >= 11 is 0. The zero-order valence-corrected chi connectivity index (χ0v) is 11.8. The van der Waals surface area contributed by atoms with Crippen LogP contribution in [0.5, 0.6) is 0 Å². The van der Waals surface area contributed by atoms with E-state index in [2.05, 4.69) is 0 Å². The Morgan fingerprint density at radius 3 is 2.38 bits per heavy atom. The molecule has 1 aliphatic heterocycles. The van der Waals surface area contributed by atoms with E-state index >= 15 is 0 Å². The lowest BCUT2D eigenvalue weighted by Gasteiger charge is -2.19. The highest BCUT2D eigenvalue weighted by Crippen LogP contribution is 2.35. The number of hydrogen-bond acceptors (Lipinski definition) is 4. The molecule has 0 unspecified atom stereocenters. The molecule has 1 heterocycles. The van der Waals surface area contributed by atoms with E-state index in [1.807, 2.05) is 0 Å². The van der Waals surface area contributed by atoms with Gasteiger partial charge in [-0.3, -0.25) is 4.79 Å². The Labute approximate surface area is 120 Å². The van der Waals surface area contributed by atoms with Crippen LogP contribution in [0, 0.1) is 6.92 Å². The number of sulfone groups is 1. The normalized spacial score (nSPS) is 15.2. The summed E-state index contributed by atoms with van der Waals surface area (Å²) in [5, 5.41) is 8.97. The minimum absolute atomic E-state index is 0.0121. The van der Waals surface area contributed by atoms with E-state index in [0.29, 0.717) is 0 Å². The number of ketones is 1. The number of aryl methyl sites for hydroxylation is 1. The van der Waals surface area contributed by atoms with Crippen LogP contribution in [0.15, 0.2) is 46.2 Å². The van der Waals surface area contributed by atoms with E-state index in [1.165, 1.54) is 24.3 Å². The highest BCUT2D eigenvalue weighted by atomic mass is 32.2. The summed E-state index contributed by atoms with van der Waals surface area (Å²) in [5.41, 5.74) is 0.757. The summed E-state index contributed by atoms with van der Waals surface area (Å²) in [4.78, 5) is 23.1. The van der Waals surface area contributed by atoms with Crippen LogP contribution >= 0.6 is 0 Å². The molecule has 0 saturated heterocycles. The number of carbonyl (C=O) groups is 2. The number of carboxylic acids is 1. The molecule has 106 valence electrons. The van der Waals surface area contributed by atoms with Gasteiger partial charge in [-0.05, 0) is 37.3 Å². The molecule has 0 amide bonds. The molecule has 21 heavy (non-hydrogen) atoms. The summed E-state index contributed by atoms with van der Waals surface area (Å²) in [6.07, 6.45) is 0. The molecule has 0 radical (unpaired) electrons. The van der Waals surface area contributed by atoms with Gasteiger partial charge in [-0.15, -0.1) is 0 Å². The van der Waals surface area contributed by atoms with E-state index in [9.17, 15) is 18.0 Å². The lowest BCUT2D eigenvalue weighted by molar-refractivity contribution is 0.0696. The van der Waals surface area contributed by atoms with Crippen LogP contribution in [0.4, 0.5) is 0 Å². The van der Waals surface area contributed by atoms with Crippen molar-refractivity contribution in [2.45, 2.75) is 16.7 Å². The van der Waals surface area contributed by atoms with Gasteiger partial charge in [0.05, 0.1) is 15.4 Å². The van der Waals surface area contributed by atoms with Crippen LogP contribution in [0.2, 0.25) is 0 Å². The minimum Gasteiger partial charge on any atom is -0.478 e. The Morgan fingerprint density at radius 1 is 1.00 bits per heavy atom. The number of hydrogen-bond donors (Lipinski definition) is 1. The summed E-state index contributed by atoms with van der Waals surface area (Å²) in [6.45, 7) is 1.77. The first kappa shape index (κ1) is 13.5. The van der Waals surface area contributed by atoms with Crippen molar-refractivity contribution in [3.63, 3.8) is 0 Å². The topological polar surface area (TPSA) is 88.5 Å². The maximum Gasteiger partial charge on any atom is 0.335 e. The largest absolute Gasteiger partial charge is 0.478 e. The monoisotopic (exact) mass is 302 g/mol. The third-order valence-electron chi connectivity index (χ3n) is 3.43. The Balaban J connectivity index is 2.37. The van der Waals surface area contributed by atoms with E-state index < -0.39 is 21.6 Å². The molecule has 6 heteroatoms. The molecule has 0 aromatic heterocycles. The van der Waals surface area contributed by atoms with Crippen LogP contribution in [0.25, 0.3) is 0 Å². The standard InChI is InChI=1S/C15H10O5S/c1-8-2-5-12-11(6-8)14(16)10-4-3-9(15(17)18)7-13(10)21(12,19)20/h2-7H,1H3,(H,17,18).